The molecule has 8 heteroatoms. The molecular formula is C21H15BrFN3O3. The van der Waals surface area contributed by atoms with Crippen LogP contribution in [0.4, 0.5) is 10.1 Å². The fourth-order valence-corrected chi connectivity index (χ4v) is 4.01. The summed E-state index contributed by atoms with van der Waals surface area (Å²) in [4.78, 5) is 29.2. The third kappa shape index (κ3) is 3.63. The highest BCUT2D eigenvalue weighted by Gasteiger charge is 2.37. The maximum Gasteiger partial charge on any atom is 0.304 e. The number of nitrogens with zero attached hydrogens (tertiary/aromatic N) is 3. The molecule has 0 aliphatic carbocycles. The molecule has 146 valence electrons. The number of hydrogen-bond acceptors (Lipinski definition) is 4. The molecule has 1 atom stereocenters. The second-order valence-electron chi connectivity index (χ2n) is 6.72. The van der Waals surface area contributed by atoms with E-state index in [0.29, 0.717) is 17.5 Å². The van der Waals surface area contributed by atoms with Gasteiger partial charge in [0.2, 0.25) is 5.82 Å². The van der Waals surface area contributed by atoms with Gasteiger partial charge in [-0.25, -0.2) is 0 Å². The van der Waals surface area contributed by atoms with Crippen molar-refractivity contribution in [1.29, 1.82) is 0 Å². The van der Waals surface area contributed by atoms with E-state index in [-0.39, 0.29) is 18.5 Å². The molecule has 0 bridgehead atoms. The van der Waals surface area contributed by atoms with Crippen molar-refractivity contribution in [1.82, 2.24) is 9.88 Å². The zero-order valence-electron chi connectivity index (χ0n) is 15.1. The molecule has 2 aromatic carbocycles. The van der Waals surface area contributed by atoms with Gasteiger partial charge >= 0.3 is 5.69 Å². The van der Waals surface area contributed by atoms with Crippen molar-refractivity contribution >= 4 is 27.5 Å². The Balaban J connectivity index is 1.69. The van der Waals surface area contributed by atoms with Gasteiger partial charge in [0.1, 0.15) is 0 Å². The van der Waals surface area contributed by atoms with Crippen LogP contribution in [0.1, 0.15) is 33.2 Å². The molecule has 0 spiro atoms. The van der Waals surface area contributed by atoms with Crippen LogP contribution in [-0.4, -0.2) is 20.7 Å². The Morgan fingerprint density at radius 2 is 1.97 bits per heavy atom. The first-order valence-corrected chi connectivity index (χ1v) is 9.67. The molecule has 0 radical (unpaired) electrons. The highest BCUT2D eigenvalue weighted by atomic mass is 79.9. The molecule has 1 amide bonds. The van der Waals surface area contributed by atoms with Gasteiger partial charge < -0.3 is 4.90 Å². The quantitative estimate of drug-likeness (QED) is 0.407. The van der Waals surface area contributed by atoms with E-state index in [9.17, 15) is 19.3 Å². The van der Waals surface area contributed by atoms with Crippen LogP contribution >= 0.6 is 15.9 Å². The molecule has 4 rings (SSSR count). The van der Waals surface area contributed by atoms with Crippen molar-refractivity contribution < 1.29 is 14.1 Å². The van der Waals surface area contributed by atoms with E-state index in [1.165, 1.54) is 6.07 Å². The summed E-state index contributed by atoms with van der Waals surface area (Å²) in [6.07, 6.45) is 2.18. The van der Waals surface area contributed by atoms with Crippen LogP contribution in [0.15, 0.2) is 65.3 Å². The molecule has 0 saturated carbocycles. The first-order valence-electron chi connectivity index (χ1n) is 8.88. The SMILES string of the molecule is O=C1c2ccccc2C(Cc2ncccc2Br)N1Cc1ccc([N+](=O)[O-])c(F)c1. The number of hydrogen-bond donors (Lipinski definition) is 0. The van der Waals surface area contributed by atoms with Gasteiger partial charge in [-0.15, -0.1) is 0 Å². The summed E-state index contributed by atoms with van der Waals surface area (Å²) in [5.74, 6) is -1.07. The Morgan fingerprint density at radius 1 is 1.17 bits per heavy atom. The van der Waals surface area contributed by atoms with Crippen molar-refractivity contribution in [2.75, 3.05) is 0 Å². The Hall–Kier alpha value is -3.13. The summed E-state index contributed by atoms with van der Waals surface area (Å²) in [7, 11) is 0. The standard InChI is InChI=1S/C21H15BrFN3O3/c22-16-6-3-9-24-18(16)11-20-14-4-1-2-5-15(14)21(27)25(20)12-13-7-8-19(26(28)29)17(23)10-13/h1-10,20H,11-12H2. The van der Waals surface area contributed by atoms with Gasteiger partial charge in [0.05, 0.1) is 16.7 Å². The molecule has 1 aliphatic heterocycles. The summed E-state index contributed by atoms with van der Waals surface area (Å²) >= 11 is 3.50. The van der Waals surface area contributed by atoms with Crippen LogP contribution in [-0.2, 0) is 13.0 Å². The highest BCUT2D eigenvalue weighted by Crippen LogP contribution is 2.38. The van der Waals surface area contributed by atoms with Gasteiger partial charge in [0, 0.05) is 35.3 Å². The second-order valence-corrected chi connectivity index (χ2v) is 7.57. The summed E-state index contributed by atoms with van der Waals surface area (Å²) in [5, 5.41) is 10.9. The Labute approximate surface area is 174 Å². The van der Waals surface area contributed by atoms with Gasteiger partial charge in [-0.2, -0.15) is 4.39 Å². The number of nitro groups is 1. The van der Waals surface area contributed by atoms with E-state index >= 15 is 0 Å². The molecule has 1 aromatic heterocycles. The molecule has 2 heterocycles. The zero-order chi connectivity index (χ0) is 20.5. The number of carbonyl (C=O) groups is 1. The fraction of sp³-hybridized carbons (Fsp3) is 0.143. The van der Waals surface area contributed by atoms with E-state index in [2.05, 4.69) is 20.9 Å². The first kappa shape index (κ1) is 19.2. The van der Waals surface area contributed by atoms with Crippen molar-refractivity contribution in [3.63, 3.8) is 0 Å². The number of carbonyl (C=O) groups excluding carboxylic acids is 1. The molecule has 29 heavy (non-hydrogen) atoms. The molecule has 0 N–H and O–H groups in total. The van der Waals surface area contributed by atoms with E-state index < -0.39 is 16.4 Å². The van der Waals surface area contributed by atoms with Crippen molar-refractivity contribution in [3.8, 4) is 0 Å². The average molecular weight is 456 g/mol. The lowest BCUT2D eigenvalue weighted by atomic mass is 10.0. The number of rotatable bonds is 5. The molecule has 0 fully saturated rings. The summed E-state index contributed by atoms with van der Waals surface area (Å²) in [5.41, 5.74) is 2.20. The van der Waals surface area contributed by atoms with Gasteiger partial charge in [0.25, 0.3) is 5.91 Å². The van der Waals surface area contributed by atoms with Crippen LogP contribution < -0.4 is 0 Å². The van der Waals surface area contributed by atoms with Crippen molar-refractivity contribution in [2.45, 2.75) is 19.0 Å². The maximum absolute atomic E-state index is 14.1. The summed E-state index contributed by atoms with van der Waals surface area (Å²) < 4.78 is 14.9. The number of fused-ring (bicyclic) bond motifs is 1. The van der Waals surface area contributed by atoms with Crippen LogP contribution in [0.5, 0.6) is 0 Å². The zero-order valence-corrected chi connectivity index (χ0v) is 16.7. The predicted octanol–water partition coefficient (Wildman–Crippen LogP) is 4.83. The molecule has 3 aromatic rings. The first-order chi connectivity index (χ1) is 14.0. The number of halogens is 2. The van der Waals surface area contributed by atoms with Crippen LogP contribution in [0.2, 0.25) is 0 Å². The minimum absolute atomic E-state index is 0.136. The fourth-order valence-electron chi connectivity index (χ4n) is 3.59. The minimum Gasteiger partial charge on any atom is -0.327 e. The van der Waals surface area contributed by atoms with E-state index in [1.54, 1.807) is 23.2 Å². The lowest BCUT2D eigenvalue weighted by Crippen LogP contribution is -2.29. The van der Waals surface area contributed by atoms with Crippen LogP contribution in [0.25, 0.3) is 0 Å². The topological polar surface area (TPSA) is 76.3 Å². The number of aromatic nitrogens is 1. The lowest BCUT2D eigenvalue weighted by molar-refractivity contribution is -0.387. The normalized spacial score (nSPS) is 15.4. The van der Waals surface area contributed by atoms with Gasteiger partial charge in [0.15, 0.2) is 0 Å². The smallest absolute Gasteiger partial charge is 0.304 e. The van der Waals surface area contributed by atoms with Gasteiger partial charge in [-0.05, 0) is 51.3 Å². The molecule has 1 unspecified atom stereocenters. The minimum atomic E-state index is -0.916. The van der Waals surface area contributed by atoms with Crippen LogP contribution in [0, 0.1) is 15.9 Å². The summed E-state index contributed by atoms with van der Waals surface area (Å²) in [6, 6.07) is 14.5. The van der Waals surface area contributed by atoms with E-state index in [0.717, 1.165) is 27.9 Å². The van der Waals surface area contributed by atoms with Gasteiger partial charge in [-0.3, -0.25) is 19.9 Å². The van der Waals surface area contributed by atoms with Gasteiger partial charge in [-0.1, -0.05) is 24.3 Å². The Morgan fingerprint density at radius 3 is 2.69 bits per heavy atom. The van der Waals surface area contributed by atoms with E-state index in [1.807, 2.05) is 24.3 Å². The van der Waals surface area contributed by atoms with Crippen LogP contribution in [0.3, 0.4) is 0 Å². The number of pyridine rings is 1. The Bertz CT molecular complexity index is 1120. The largest absolute Gasteiger partial charge is 0.327 e. The molecule has 1 aliphatic rings. The third-order valence-electron chi connectivity index (χ3n) is 4.97. The maximum atomic E-state index is 14.1. The van der Waals surface area contributed by atoms with Crippen molar-refractivity contribution in [2.24, 2.45) is 0 Å². The number of benzene rings is 2. The van der Waals surface area contributed by atoms with Crippen molar-refractivity contribution in [3.05, 3.63) is 104 Å². The molecule has 0 saturated heterocycles. The highest BCUT2D eigenvalue weighted by molar-refractivity contribution is 9.10. The Kier molecular flexibility index (Phi) is 5.10. The molecule has 6 nitrogen and oxygen atoms in total. The number of nitro benzene ring substituents is 1. The third-order valence-corrected chi connectivity index (χ3v) is 5.69. The lowest BCUT2D eigenvalue weighted by Gasteiger charge is -2.25. The molecular weight excluding hydrogens is 441 g/mol. The monoisotopic (exact) mass is 455 g/mol. The number of amides is 1. The second kappa shape index (κ2) is 7.71. The summed E-state index contributed by atoms with van der Waals surface area (Å²) in [6.45, 7) is 0.136. The average Bonchev–Trinajstić information content (AvgIpc) is 2.95. The predicted molar refractivity (Wildman–Crippen MR) is 108 cm³/mol. The van der Waals surface area contributed by atoms with E-state index in [4.69, 9.17) is 0 Å².